The molecule has 4 aromatic rings. The number of hydrogen-bond donors (Lipinski definition) is 1. The van der Waals surface area contributed by atoms with E-state index in [0.29, 0.717) is 12.2 Å². The number of hydrogen-bond acceptors (Lipinski definition) is 4. The number of thiazole rings is 1. The standard InChI is InChI=1S/C23H20N2O2S/c1-3-27-17-13-11-16(12-14-17)22(26)24-19-9-6-7-18(15(19)2)23-25-20-8-4-5-10-21(20)28-23/h4-14H,3H2,1-2H3,(H,24,26). The number of benzene rings is 3. The van der Waals surface area contributed by atoms with Gasteiger partial charge in [-0.15, -0.1) is 11.3 Å². The van der Waals surface area contributed by atoms with E-state index in [1.165, 1.54) is 0 Å². The molecule has 0 aliphatic rings. The Hall–Kier alpha value is -3.18. The lowest BCUT2D eigenvalue weighted by Crippen LogP contribution is -2.13. The molecule has 5 heteroatoms. The van der Waals surface area contributed by atoms with Crippen LogP contribution < -0.4 is 10.1 Å². The zero-order valence-electron chi connectivity index (χ0n) is 15.7. The van der Waals surface area contributed by atoms with Crippen molar-refractivity contribution in [2.45, 2.75) is 13.8 Å². The summed E-state index contributed by atoms with van der Waals surface area (Å²) in [4.78, 5) is 17.4. The Morgan fingerprint density at radius 2 is 1.82 bits per heavy atom. The maximum atomic E-state index is 12.7. The number of nitrogens with zero attached hydrogens (tertiary/aromatic N) is 1. The van der Waals surface area contributed by atoms with Crippen molar-refractivity contribution >= 4 is 33.1 Å². The highest BCUT2D eigenvalue weighted by Gasteiger charge is 2.13. The van der Waals surface area contributed by atoms with Gasteiger partial charge in [-0.3, -0.25) is 4.79 Å². The first-order valence-corrected chi connectivity index (χ1v) is 9.97. The Kier molecular flexibility index (Phi) is 5.08. The van der Waals surface area contributed by atoms with E-state index in [9.17, 15) is 4.79 Å². The van der Waals surface area contributed by atoms with Crippen LogP contribution in [0.4, 0.5) is 5.69 Å². The number of rotatable bonds is 5. The Labute approximate surface area is 167 Å². The molecule has 1 aromatic heterocycles. The number of anilines is 1. The van der Waals surface area contributed by atoms with E-state index in [4.69, 9.17) is 9.72 Å². The van der Waals surface area contributed by atoms with Crippen molar-refractivity contribution in [3.8, 4) is 16.3 Å². The van der Waals surface area contributed by atoms with Crippen molar-refractivity contribution in [2.75, 3.05) is 11.9 Å². The summed E-state index contributed by atoms with van der Waals surface area (Å²) in [6.07, 6.45) is 0. The van der Waals surface area contributed by atoms with Crippen LogP contribution in [-0.2, 0) is 0 Å². The highest BCUT2D eigenvalue weighted by molar-refractivity contribution is 7.21. The van der Waals surface area contributed by atoms with Gasteiger partial charge in [-0.25, -0.2) is 4.98 Å². The third kappa shape index (κ3) is 3.62. The Balaban J connectivity index is 1.60. The molecule has 0 fully saturated rings. The van der Waals surface area contributed by atoms with Gasteiger partial charge in [0.2, 0.25) is 0 Å². The number of carbonyl (C=O) groups is 1. The Morgan fingerprint density at radius 1 is 1.04 bits per heavy atom. The van der Waals surface area contributed by atoms with Crippen LogP contribution in [0.15, 0.2) is 66.7 Å². The van der Waals surface area contributed by atoms with E-state index in [2.05, 4.69) is 11.4 Å². The molecule has 0 spiro atoms. The number of ether oxygens (including phenoxy) is 1. The van der Waals surface area contributed by atoms with Gasteiger partial charge in [0.1, 0.15) is 10.8 Å². The van der Waals surface area contributed by atoms with Gasteiger partial charge in [0.05, 0.1) is 16.8 Å². The largest absolute Gasteiger partial charge is 0.494 e. The average Bonchev–Trinajstić information content (AvgIpc) is 3.14. The van der Waals surface area contributed by atoms with Crippen LogP contribution in [0.1, 0.15) is 22.8 Å². The topological polar surface area (TPSA) is 51.2 Å². The Morgan fingerprint density at radius 3 is 2.57 bits per heavy atom. The van der Waals surface area contributed by atoms with Crippen molar-refractivity contribution in [1.82, 2.24) is 4.98 Å². The molecular weight excluding hydrogens is 368 g/mol. The zero-order chi connectivity index (χ0) is 19.5. The molecule has 0 saturated heterocycles. The van der Waals surface area contributed by atoms with Gasteiger partial charge in [-0.2, -0.15) is 0 Å². The van der Waals surface area contributed by atoms with Crippen LogP contribution in [-0.4, -0.2) is 17.5 Å². The minimum Gasteiger partial charge on any atom is -0.494 e. The summed E-state index contributed by atoms with van der Waals surface area (Å²) < 4.78 is 6.58. The molecule has 4 nitrogen and oxygen atoms in total. The second kappa shape index (κ2) is 7.82. The van der Waals surface area contributed by atoms with Gasteiger partial charge in [0.25, 0.3) is 5.91 Å². The zero-order valence-corrected chi connectivity index (χ0v) is 16.5. The van der Waals surface area contributed by atoms with Gasteiger partial charge >= 0.3 is 0 Å². The van der Waals surface area contributed by atoms with Gasteiger partial charge in [0, 0.05) is 16.8 Å². The number of aromatic nitrogens is 1. The molecule has 0 radical (unpaired) electrons. The fourth-order valence-corrected chi connectivity index (χ4v) is 4.10. The lowest BCUT2D eigenvalue weighted by atomic mass is 10.1. The molecule has 0 saturated carbocycles. The summed E-state index contributed by atoms with van der Waals surface area (Å²) in [5.74, 6) is 0.612. The van der Waals surface area contributed by atoms with E-state index in [-0.39, 0.29) is 5.91 Å². The van der Waals surface area contributed by atoms with Crippen molar-refractivity contribution in [3.63, 3.8) is 0 Å². The molecule has 1 N–H and O–H groups in total. The van der Waals surface area contributed by atoms with Crippen LogP contribution >= 0.6 is 11.3 Å². The summed E-state index contributed by atoms with van der Waals surface area (Å²) in [6.45, 7) is 4.54. The first-order chi connectivity index (χ1) is 13.7. The van der Waals surface area contributed by atoms with E-state index in [1.54, 1.807) is 23.5 Å². The highest BCUT2D eigenvalue weighted by atomic mass is 32.1. The summed E-state index contributed by atoms with van der Waals surface area (Å²) in [5.41, 5.74) is 4.40. The third-order valence-corrected chi connectivity index (χ3v) is 5.60. The van der Waals surface area contributed by atoms with Crippen LogP contribution in [0.3, 0.4) is 0 Å². The second-order valence-corrected chi connectivity index (χ2v) is 7.41. The molecule has 0 bridgehead atoms. The number of para-hydroxylation sites is 1. The van der Waals surface area contributed by atoms with Crippen molar-refractivity contribution in [3.05, 3.63) is 77.9 Å². The Bertz CT molecular complexity index is 1100. The fourth-order valence-electron chi connectivity index (χ4n) is 3.05. The van der Waals surface area contributed by atoms with Gasteiger partial charge in [-0.1, -0.05) is 24.3 Å². The monoisotopic (exact) mass is 388 g/mol. The molecule has 1 amide bonds. The number of nitrogens with one attached hydrogen (secondary N) is 1. The van der Waals surface area contributed by atoms with E-state index >= 15 is 0 Å². The molecule has 140 valence electrons. The first kappa shape index (κ1) is 18.2. The molecule has 28 heavy (non-hydrogen) atoms. The third-order valence-electron chi connectivity index (χ3n) is 4.53. The van der Waals surface area contributed by atoms with E-state index in [0.717, 1.165) is 37.8 Å². The fraction of sp³-hybridized carbons (Fsp3) is 0.130. The maximum Gasteiger partial charge on any atom is 0.255 e. The molecule has 3 aromatic carbocycles. The smallest absolute Gasteiger partial charge is 0.255 e. The summed E-state index contributed by atoms with van der Waals surface area (Å²) >= 11 is 1.66. The molecule has 0 atom stereocenters. The lowest BCUT2D eigenvalue weighted by molar-refractivity contribution is 0.102. The normalized spacial score (nSPS) is 10.8. The summed E-state index contributed by atoms with van der Waals surface area (Å²) in [5, 5.41) is 3.97. The molecule has 4 rings (SSSR count). The molecular formula is C23H20N2O2S. The minimum atomic E-state index is -0.146. The van der Waals surface area contributed by atoms with Gasteiger partial charge < -0.3 is 10.1 Å². The predicted molar refractivity (Wildman–Crippen MR) is 115 cm³/mol. The number of carbonyl (C=O) groups excluding carboxylic acids is 1. The van der Waals surface area contributed by atoms with Crippen LogP contribution in [0, 0.1) is 6.92 Å². The van der Waals surface area contributed by atoms with Crippen LogP contribution in [0.25, 0.3) is 20.8 Å². The number of amides is 1. The van der Waals surface area contributed by atoms with E-state index in [1.807, 2.05) is 62.4 Å². The lowest BCUT2D eigenvalue weighted by Gasteiger charge is -2.11. The average molecular weight is 388 g/mol. The first-order valence-electron chi connectivity index (χ1n) is 9.15. The molecule has 1 heterocycles. The van der Waals surface area contributed by atoms with Crippen LogP contribution in [0.5, 0.6) is 5.75 Å². The SMILES string of the molecule is CCOc1ccc(C(=O)Nc2cccc(-c3nc4ccccc4s3)c2C)cc1. The van der Waals surface area contributed by atoms with Gasteiger partial charge in [-0.05, 0) is 61.9 Å². The van der Waals surface area contributed by atoms with Crippen LogP contribution in [0.2, 0.25) is 0 Å². The molecule has 0 unspecified atom stereocenters. The predicted octanol–water partition coefficient (Wildman–Crippen LogP) is 5.92. The molecule has 0 aliphatic heterocycles. The van der Waals surface area contributed by atoms with Crippen molar-refractivity contribution in [2.24, 2.45) is 0 Å². The van der Waals surface area contributed by atoms with Gasteiger partial charge in [0.15, 0.2) is 0 Å². The quantitative estimate of drug-likeness (QED) is 0.461. The van der Waals surface area contributed by atoms with E-state index < -0.39 is 0 Å². The highest BCUT2D eigenvalue weighted by Crippen LogP contribution is 2.34. The van der Waals surface area contributed by atoms with Crippen molar-refractivity contribution in [1.29, 1.82) is 0 Å². The summed E-state index contributed by atoms with van der Waals surface area (Å²) in [7, 11) is 0. The minimum absolute atomic E-state index is 0.146. The molecule has 0 aliphatic carbocycles. The maximum absolute atomic E-state index is 12.7. The summed E-state index contributed by atoms with van der Waals surface area (Å²) in [6, 6.07) is 21.2. The number of fused-ring (bicyclic) bond motifs is 1. The second-order valence-electron chi connectivity index (χ2n) is 6.38. The van der Waals surface area contributed by atoms with Crippen molar-refractivity contribution < 1.29 is 9.53 Å².